The number of fused-ring (bicyclic) bond motifs is 1. The number of esters is 2. The Hall–Kier alpha value is -2.95. The third-order valence-electron chi connectivity index (χ3n) is 4.13. The van der Waals surface area contributed by atoms with Crippen LogP contribution in [0, 0.1) is 5.92 Å². The van der Waals surface area contributed by atoms with Gasteiger partial charge in [0.25, 0.3) is 0 Å². The first-order valence-corrected chi connectivity index (χ1v) is 9.36. The fourth-order valence-corrected chi connectivity index (χ4v) is 3.09. The van der Waals surface area contributed by atoms with E-state index in [9.17, 15) is 14.4 Å². The van der Waals surface area contributed by atoms with Crippen molar-refractivity contribution in [2.75, 3.05) is 18.9 Å². The van der Waals surface area contributed by atoms with Crippen molar-refractivity contribution in [3.05, 3.63) is 11.5 Å². The number of nitrogen functional groups attached to an aromatic ring is 1. The number of halogens is 1. The zero-order valence-electron chi connectivity index (χ0n) is 16.0. The van der Waals surface area contributed by atoms with Crippen molar-refractivity contribution in [3.63, 3.8) is 0 Å². The lowest BCUT2D eigenvalue weighted by molar-refractivity contribution is -0.162. The molecule has 2 heterocycles. The average Bonchev–Trinajstić information content (AvgIpc) is 3.06. The molecule has 2 aromatic heterocycles. The molecule has 11 nitrogen and oxygen atoms in total. The van der Waals surface area contributed by atoms with E-state index in [0.717, 1.165) is 0 Å². The SMILES string of the molecule is CCOC(=O)C(CC(CCC(=O)O)n1cnc2c(Cl)nc(N)nc21)C(=O)OCC. The second-order valence-electron chi connectivity index (χ2n) is 6.08. The highest BCUT2D eigenvalue weighted by Gasteiger charge is 2.34. The number of anilines is 1. The number of hydrogen-bond donors (Lipinski definition) is 2. The Labute approximate surface area is 171 Å². The van der Waals surface area contributed by atoms with Gasteiger partial charge in [0, 0.05) is 12.5 Å². The number of aromatic nitrogens is 4. The molecule has 29 heavy (non-hydrogen) atoms. The maximum absolute atomic E-state index is 12.3. The molecule has 0 amide bonds. The van der Waals surface area contributed by atoms with Gasteiger partial charge in [-0.15, -0.1) is 0 Å². The fraction of sp³-hybridized carbons (Fsp3) is 0.529. The van der Waals surface area contributed by atoms with Gasteiger partial charge < -0.3 is 24.9 Å². The normalized spacial score (nSPS) is 12.1. The molecule has 0 aliphatic carbocycles. The van der Waals surface area contributed by atoms with Crippen LogP contribution in [0.5, 0.6) is 0 Å². The second-order valence-corrected chi connectivity index (χ2v) is 6.43. The molecule has 3 N–H and O–H groups in total. The predicted molar refractivity (Wildman–Crippen MR) is 102 cm³/mol. The van der Waals surface area contributed by atoms with Crippen LogP contribution in [-0.2, 0) is 23.9 Å². The minimum atomic E-state index is -1.24. The zero-order valence-corrected chi connectivity index (χ0v) is 16.8. The van der Waals surface area contributed by atoms with E-state index in [0.29, 0.717) is 0 Å². The van der Waals surface area contributed by atoms with E-state index >= 15 is 0 Å². The summed E-state index contributed by atoms with van der Waals surface area (Å²) in [4.78, 5) is 47.9. The molecule has 1 unspecified atom stereocenters. The van der Waals surface area contributed by atoms with Gasteiger partial charge in [0.05, 0.1) is 19.5 Å². The van der Waals surface area contributed by atoms with Crippen molar-refractivity contribution in [2.45, 2.75) is 39.2 Å². The Bertz CT molecular complexity index is 884. The van der Waals surface area contributed by atoms with E-state index < -0.39 is 29.9 Å². The molecule has 2 aromatic rings. The first kappa shape index (κ1) is 22.3. The molecular formula is C17H22ClN5O6. The summed E-state index contributed by atoms with van der Waals surface area (Å²) in [6.07, 6.45) is 1.21. The molecule has 158 valence electrons. The van der Waals surface area contributed by atoms with Crippen molar-refractivity contribution in [1.82, 2.24) is 19.5 Å². The molecule has 1 atom stereocenters. The predicted octanol–water partition coefficient (Wildman–Crippen LogP) is 1.60. The van der Waals surface area contributed by atoms with Crippen LogP contribution in [0.15, 0.2) is 6.33 Å². The Morgan fingerprint density at radius 1 is 1.21 bits per heavy atom. The van der Waals surface area contributed by atoms with E-state index in [1.54, 1.807) is 13.8 Å². The summed E-state index contributed by atoms with van der Waals surface area (Å²) in [7, 11) is 0. The third-order valence-corrected chi connectivity index (χ3v) is 4.39. The highest BCUT2D eigenvalue weighted by molar-refractivity contribution is 6.33. The van der Waals surface area contributed by atoms with Crippen LogP contribution in [0.1, 0.15) is 39.2 Å². The minimum absolute atomic E-state index is 0.0376. The number of carbonyl (C=O) groups is 3. The van der Waals surface area contributed by atoms with E-state index in [-0.39, 0.29) is 54.7 Å². The van der Waals surface area contributed by atoms with Crippen molar-refractivity contribution in [1.29, 1.82) is 0 Å². The molecule has 0 saturated heterocycles. The largest absolute Gasteiger partial charge is 0.481 e. The summed E-state index contributed by atoms with van der Waals surface area (Å²) in [6, 6.07) is -0.639. The Balaban J connectivity index is 2.44. The highest BCUT2D eigenvalue weighted by Crippen LogP contribution is 2.30. The molecule has 0 spiro atoms. The van der Waals surface area contributed by atoms with E-state index in [1.807, 2.05) is 0 Å². The standard InChI is InChI=1S/C17H22ClN5O6/c1-3-28-15(26)10(16(27)29-4-2)7-9(5-6-11(24)25)23-8-20-12-13(18)21-17(19)22-14(12)23/h8-10H,3-7H2,1-2H3,(H,24,25)(H2,19,21,22). The summed E-state index contributed by atoms with van der Waals surface area (Å²) in [5.74, 6) is -3.85. The average molecular weight is 428 g/mol. The number of carbonyl (C=O) groups excluding carboxylic acids is 2. The molecule has 0 aliphatic rings. The van der Waals surface area contributed by atoms with Gasteiger partial charge >= 0.3 is 17.9 Å². The topological polar surface area (TPSA) is 160 Å². The van der Waals surface area contributed by atoms with E-state index in [4.69, 9.17) is 31.9 Å². The van der Waals surface area contributed by atoms with Gasteiger partial charge in [0.15, 0.2) is 16.7 Å². The van der Waals surface area contributed by atoms with E-state index in [2.05, 4.69) is 15.0 Å². The lowest BCUT2D eigenvalue weighted by atomic mass is 9.96. The lowest BCUT2D eigenvalue weighted by Crippen LogP contribution is -2.31. The van der Waals surface area contributed by atoms with Gasteiger partial charge in [-0.2, -0.15) is 9.97 Å². The van der Waals surface area contributed by atoms with Gasteiger partial charge in [-0.05, 0) is 26.7 Å². The number of aliphatic carboxylic acids is 1. The number of nitrogens with zero attached hydrogens (tertiary/aromatic N) is 4. The molecule has 2 rings (SSSR count). The minimum Gasteiger partial charge on any atom is -0.481 e. The quantitative estimate of drug-likeness (QED) is 0.323. The van der Waals surface area contributed by atoms with Crippen LogP contribution < -0.4 is 5.73 Å². The Morgan fingerprint density at radius 2 is 1.83 bits per heavy atom. The number of hydrogen-bond acceptors (Lipinski definition) is 9. The highest BCUT2D eigenvalue weighted by atomic mass is 35.5. The first-order valence-electron chi connectivity index (χ1n) is 8.99. The molecule has 0 saturated carbocycles. The van der Waals surface area contributed by atoms with Crippen molar-refractivity contribution in [3.8, 4) is 0 Å². The number of rotatable bonds is 10. The number of carboxylic acids is 1. The monoisotopic (exact) mass is 427 g/mol. The van der Waals surface area contributed by atoms with Crippen molar-refractivity contribution < 1.29 is 29.0 Å². The number of carboxylic acid groups (broad SMARTS) is 1. The van der Waals surface area contributed by atoms with Gasteiger partial charge in [-0.3, -0.25) is 14.4 Å². The third kappa shape index (κ3) is 5.53. The van der Waals surface area contributed by atoms with E-state index in [1.165, 1.54) is 10.9 Å². The summed E-state index contributed by atoms with van der Waals surface area (Å²) in [5.41, 5.74) is 6.20. The summed E-state index contributed by atoms with van der Waals surface area (Å²) < 4.78 is 11.5. The fourth-order valence-electron chi connectivity index (χ4n) is 2.87. The smallest absolute Gasteiger partial charge is 0.320 e. The zero-order chi connectivity index (χ0) is 21.6. The van der Waals surface area contributed by atoms with Gasteiger partial charge in [0.2, 0.25) is 5.95 Å². The second kappa shape index (κ2) is 10.0. The van der Waals surface area contributed by atoms with Gasteiger partial charge in [-0.25, -0.2) is 4.98 Å². The van der Waals surface area contributed by atoms with Gasteiger partial charge in [-0.1, -0.05) is 11.6 Å². The molecule has 0 radical (unpaired) electrons. The summed E-state index contributed by atoms with van der Waals surface area (Å²) >= 11 is 6.05. The molecule has 0 fully saturated rings. The van der Waals surface area contributed by atoms with Crippen LogP contribution in [0.25, 0.3) is 11.2 Å². The Morgan fingerprint density at radius 3 is 2.38 bits per heavy atom. The number of imidazole rings is 1. The van der Waals surface area contributed by atoms with Crippen LogP contribution in [0.2, 0.25) is 5.15 Å². The lowest BCUT2D eigenvalue weighted by Gasteiger charge is -2.22. The molecule has 0 bridgehead atoms. The van der Waals surface area contributed by atoms with Crippen LogP contribution in [0.3, 0.4) is 0 Å². The molecule has 0 aliphatic heterocycles. The summed E-state index contributed by atoms with van der Waals surface area (Å²) in [6.45, 7) is 3.41. The number of ether oxygens (including phenoxy) is 2. The van der Waals surface area contributed by atoms with Crippen molar-refractivity contribution >= 4 is 46.6 Å². The Kier molecular flexibility index (Phi) is 7.71. The summed E-state index contributed by atoms with van der Waals surface area (Å²) in [5, 5.41) is 9.15. The molecule has 0 aromatic carbocycles. The molecular weight excluding hydrogens is 406 g/mol. The first-order chi connectivity index (χ1) is 13.8. The maximum atomic E-state index is 12.3. The van der Waals surface area contributed by atoms with Gasteiger partial charge in [0.1, 0.15) is 5.52 Å². The van der Waals surface area contributed by atoms with Crippen LogP contribution in [0.4, 0.5) is 5.95 Å². The molecule has 12 heteroatoms. The van der Waals surface area contributed by atoms with Crippen LogP contribution in [-0.4, -0.2) is 55.7 Å². The number of nitrogens with two attached hydrogens (primary N) is 1. The van der Waals surface area contributed by atoms with Crippen LogP contribution >= 0.6 is 11.6 Å². The maximum Gasteiger partial charge on any atom is 0.320 e. The van der Waals surface area contributed by atoms with Crippen molar-refractivity contribution in [2.24, 2.45) is 5.92 Å².